The molecular formula is C27H25N7O5. The number of ether oxygens (including phenoxy) is 1. The minimum Gasteiger partial charge on any atom is -0.494 e. The van der Waals surface area contributed by atoms with Crippen molar-refractivity contribution in [2.45, 2.75) is 6.92 Å². The molecule has 0 aliphatic carbocycles. The number of piperazine rings is 1. The van der Waals surface area contributed by atoms with E-state index in [2.05, 4.69) is 25.3 Å². The highest BCUT2D eigenvalue weighted by atomic mass is 16.5. The van der Waals surface area contributed by atoms with Gasteiger partial charge in [-0.25, -0.2) is 15.0 Å². The topological polar surface area (TPSA) is 150 Å². The van der Waals surface area contributed by atoms with Gasteiger partial charge in [0.2, 0.25) is 5.91 Å². The van der Waals surface area contributed by atoms with E-state index in [9.17, 15) is 19.2 Å². The second-order valence-corrected chi connectivity index (χ2v) is 8.88. The molecule has 3 aromatic heterocycles. The number of benzene rings is 1. The number of aromatic amines is 1. The molecule has 2 N–H and O–H groups in total. The number of anilines is 1. The first-order valence-corrected chi connectivity index (χ1v) is 12.2. The Labute approximate surface area is 223 Å². The number of ketones is 1. The zero-order valence-corrected chi connectivity index (χ0v) is 21.3. The van der Waals surface area contributed by atoms with Crippen LogP contribution >= 0.6 is 0 Å². The van der Waals surface area contributed by atoms with Gasteiger partial charge in [0.05, 0.1) is 42.2 Å². The molecule has 1 aliphatic rings. The van der Waals surface area contributed by atoms with Crippen LogP contribution in [0, 0.1) is 0 Å². The molecule has 0 spiro atoms. The number of pyridine rings is 1. The first kappa shape index (κ1) is 25.5. The van der Waals surface area contributed by atoms with Crippen LogP contribution in [0.15, 0.2) is 55.1 Å². The minimum atomic E-state index is -0.702. The fraction of sp³-hybridized carbons (Fsp3) is 0.222. The van der Waals surface area contributed by atoms with E-state index in [0.717, 1.165) is 0 Å². The Morgan fingerprint density at radius 2 is 1.64 bits per heavy atom. The van der Waals surface area contributed by atoms with E-state index in [4.69, 9.17) is 4.74 Å². The quantitative estimate of drug-likeness (QED) is 0.286. The summed E-state index contributed by atoms with van der Waals surface area (Å²) in [6.07, 6.45) is 5.75. The summed E-state index contributed by atoms with van der Waals surface area (Å²) in [6.45, 7) is 2.50. The summed E-state index contributed by atoms with van der Waals surface area (Å²) in [5, 5.41) is 2.94. The van der Waals surface area contributed by atoms with Gasteiger partial charge in [-0.2, -0.15) is 0 Å². The van der Waals surface area contributed by atoms with Crippen molar-refractivity contribution >= 4 is 40.2 Å². The molecule has 4 heterocycles. The van der Waals surface area contributed by atoms with E-state index in [1.807, 2.05) is 6.07 Å². The number of fused-ring (bicyclic) bond motifs is 1. The van der Waals surface area contributed by atoms with Crippen LogP contribution < -0.4 is 10.1 Å². The van der Waals surface area contributed by atoms with Gasteiger partial charge in [0.25, 0.3) is 17.6 Å². The van der Waals surface area contributed by atoms with E-state index in [1.54, 1.807) is 29.2 Å². The van der Waals surface area contributed by atoms with Gasteiger partial charge in [0.15, 0.2) is 5.82 Å². The number of hydrogen-bond donors (Lipinski definition) is 2. The van der Waals surface area contributed by atoms with Crippen LogP contribution in [-0.4, -0.2) is 86.5 Å². The van der Waals surface area contributed by atoms with Crippen LogP contribution in [0.5, 0.6) is 5.75 Å². The molecule has 0 atom stereocenters. The van der Waals surface area contributed by atoms with Crippen molar-refractivity contribution in [3.05, 3.63) is 66.2 Å². The first-order valence-electron chi connectivity index (χ1n) is 12.2. The number of rotatable bonds is 6. The highest BCUT2D eigenvalue weighted by Crippen LogP contribution is 2.34. The summed E-state index contributed by atoms with van der Waals surface area (Å²) >= 11 is 0. The number of amides is 3. The van der Waals surface area contributed by atoms with Crippen molar-refractivity contribution < 1.29 is 23.9 Å². The Balaban J connectivity index is 1.36. The lowest BCUT2D eigenvalue weighted by Crippen LogP contribution is -2.52. The lowest BCUT2D eigenvalue weighted by atomic mass is 10.1. The smallest absolute Gasteiger partial charge is 0.295 e. The lowest BCUT2D eigenvalue weighted by Gasteiger charge is -2.34. The van der Waals surface area contributed by atoms with Crippen LogP contribution in [0.4, 0.5) is 5.82 Å². The molecule has 12 nitrogen and oxygen atoms in total. The molecule has 1 aliphatic heterocycles. The number of H-pyrrole nitrogens is 1. The van der Waals surface area contributed by atoms with Gasteiger partial charge in [-0.05, 0) is 12.1 Å². The van der Waals surface area contributed by atoms with E-state index < -0.39 is 11.7 Å². The Bertz CT molecular complexity index is 1560. The molecule has 39 heavy (non-hydrogen) atoms. The lowest BCUT2D eigenvalue weighted by molar-refractivity contribution is -0.127. The van der Waals surface area contributed by atoms with Crippen LogP contribution in [0.25, 0.3) is 22.3 Å². The summed E-state index contributed by atoms with van der Waals surface area (Å²) in [5.74, 6) is -1.15. The molecule has 1 aromatic carbocycles. The van der Waals surface area contributed by atoms with E-state index in [-0.39, 0.29) is 36.3 Å². The average Bonchev–Trinajstić information content (AvgIpc) is 3.42. The number of carbonyl (C=O) groups is 4. The minimum absolute atomic E-state index is 0.108. The number of hydrogen-bond acceptors (Lipinski definition) is 8. The normalized spacial score (nSPS) is 13.3. The molecule has 4 aromatic rings. The second kappa shape index (κ2) is 10.7. The van der Waals surface area contributed by atoms with Crippen LogP contribution in [-0.2, 0) is 9.59 Å². The number of aromatic nitrogens is 4. The highest BCUT2D eigenvalue weighted by Gasteiger charge is 2.31. The van der Waals surface area contributed by atoms with Crippen molar-refractivity contribution in [2.75, 3.05) is 38.6 Å². The molecule has 0 bridgehead atoms. The molecule has 12 heteroatoms. The predicted molar refractivity (Wildman–Crippen MR) is 141 cm³/mol. The van der Waals surface area contributed by atoms with Crippen molar-refractivity contribution in [3.8, 4) is 17.1 Å². The zero-order valence-electron chi connectivity index (χ0n) is 21.3. The summed E-state index contributed by atoms with van der Waals surface area (Å²) in [7, 11) is 1.45. The van der Waals surface area contributed by atoms with Gasteiger partial charge in [0, 0.05) is 44.9 Å². The van der Waals surface area contributed by atoms with Gasteiger partial charge in [-0.3, -0.25) is 19.2 Å². The molecule has 5 rings (SSSR count). The molecule has 0 saturated carbocycles. The Hall–Kier alpha value is -5.13. The van der Waals surface area contributed by atoms with Gasteiger partial charge < -0.3 is 24.8 Å². The fourth-order valence-electron chi connectivity index (χ4n) is 4.48. The zero-order chi connectivity index (χ0) is 27.5. The standard InChI is InChI=1S/C27H25N7O5/c1-16(35)32-21-15-28-19(13-29-21)23-24-22(20(39-2)14-31-23)18(12-30-24)25(36)27(38)34-10-8-33(9-11-34)26(37)17-6-4-3-5-7-17/h3-7,12-15,30H,8-11H2,1-2H3,(H,29,32,35). The largest absolute Gasteiger partial charge is 0.494 e. The van der Waals surface area contributed by atoms with Crippen LogP contribution in [0.1, 0.15) is 27.6 Å². The van der Waals surface area contributed by atoms with Crippen LogP contribution in [0.3, 0.4) is 0 Å². The number of carbonyl (C=O) groups excluding carboxylic acids is 4. The van der Waals surface area contributed by atoms with E-state index in [0.29, 0.717) is 46.7 Å². The van der Waals surface area contributed by atoms with Gasteiger partial charge >= 0.3 is 0 Å². The second-order valence-electron chi connectivity index (χ2n) is 8.88. The summed E-state index contributed by atoms with van der Waals surface area (Å²) in [5.41, 5.74) is 1.96. The molecule has 0 unspecified atom stereocenters. The van der Waals surface area contributed by atoms with Crippen molar-refractivity contribution in [1.82, 2.24) is 29.7 Å². The maximum Gasteiger partial charge on any atom is 0.295 e. The maximum absolute atomic E-state index is 13.4. The number of nitrogens with zero attached hydrogens (tertiary/aromatic N) is 5. The van der Waals surface area contributed by atoms with Gasteiger partial charge in [-0.15, -0.1) is 0 Å². The number of methoxy groups -OCH3 is 1. The monoisotopic (exact) mass is 527 g/mol. The molecule has 1 fully saturated rings. The molecule has 198 valence electrons. The SMILES string of the molecule is COc1cnc(-c2cnc(NC(C)=O)cn2)c2[nH]cc(C(=O)C(=O)N3CCN(C(=O)c4ccccc4)CC3)c12. The maximum atomic E-state index is 13.4. The van der Waals surface area contributed by atoms with Gasteiger partial charge in [-0.1, -0.05) is 18.2 Å². The highest BCUT2D eigenvalue weighted by molar-refractivity contribution is 6.45. The van der Waals surface area contributed by atoms with Crippen molar-refractivity contribution in [1.29, 1.82) is 0 Å². The average molecular weight is 528 g/mol. The number of Topliss-reactive ketones (excluding diaryl/α,β-unsaturated/α-hetero) is 1. The first-order chi connectivity index (χ1) is 18.9. The Kier molecular flexibility index (Phi) is 7.00. The summed E-state index contributed by atoms with van der Waals surface area (Å²) < 4.78 is 5.45. The third-order valence-electron chi connectivity index (χ3n) is 6.41. The molecule has 1 saturated heterocycles. The molecular weight excluding hydrogens is 502 g/mol. The predicted octanol–water partition coefficient (Wildman–Crippen LogP) is 2.15. The third kappa shape index (κ3) is 5.04. The van der Waals surface area contributed by atoms with E-state index in [1.165, 1.54) is 43.7 Å². The van der Waals surface area contributed by atoms with E-state index >= 15 is 0 Å². The molecule has 0 radical (unpaired) electrons. The fourth-order valence-corrected chi connectivity index (χ4v) is 4.48. The van der Waals surface area contributed by atoms with Crippen LogP contribution in [0.2, 0.25) is 0 Å². The van der Waals surface area contributed by atoms with Gasteiger partial charge in [0.1, 0.15) is 17.1 Å². The Morgan fingerprint density at radius 3 is 2.28 bits per heavy atom. The molecule has 3 amide bonds. The third-order valence-corrected chi connectivity index (χ3v) is 6.41. The summed E-state index contributed by atoms with van der Waals surface area (Å²) in [4.78, 5) is 69.7. The van der Waals surface area contributed by atoms with Crippen molar-refractivity contribution in [2.24, 2.45) is 0 Å². The summed E-state index contributed by atoms with van der Waals surface area (Å²) in [6, 6.07) is 8.94. The Morgan fingerprint density at radius 1 is 0.923 bits per heavy atom. The number of nitrogens with one attached hydrogen (secondary N) is 2. The van der Waals surface area contributed by atoms with Crippen molar-refractivity contribution in [3.63, 3.8) is 0 Å².